The molecule has 1 N–H and O–H groups in total. The highest BCUT2D eigenvalue weighted by atomic mass is 35.5. The molecule has 18 nitrogen and oxygen atoms in total. The molecule has 0 aliphatic heterocycles. The van der Waals surface area contributed by atoms with E-state index in [0.717, 1.165) is 89.0 Å². The Morgan fingerprint density at radius 2 is 0.904 bits per heavy atom. The summed E-state index contributed by atoms with van der Waals surface area (Å²) in [6.45, 7) is 0. The summed E-state index contributed by atoms with van der Waals surface area (Å²) in [5.41, 5.74) is 11.4. The zero-order chi connectivity index (χ0) is 58.0. The van der Waals surface area contributed by atoms with Crippen LogP contribution >= 0.6 is 116 Å². The molecule has 6 aromatic heterocycles. The van der Waals surface area contributed by atoms with Crippen molar-refractivity contribution < 1.29 is 0 Å². The fourth-order valence-electron chi connectivity index (χ4n) is 9.01. The lowest BCUT2D eigenvalue weighted by molar-refractivity contribution is 0.616. The van der Waals surface area contributed by atoms with Gasteiger partial charge in [-0.25, -0.2) is 4.68 Å². The molecule has 6 aromatic carbocycles. The SMILES string of the molecule is CSCCl.CSCn1nnc(Cc2c3cccc(-c4ccc(Cl)cc4Cl)c3nn2C)n1.CSCn1nnnc1Cc1c2cccc(-c3ccc(Cl)cc3Cl)c2nn1C.Cn1nc2c(-c3ccc(Cl)cc3Cl)cccc2c1Cc1nn[nH]n1.[B]. The third kappa shape index (κ3) is 14.8. The number of aromatic amines is 1. The van der Waals surface area contributed by atoms with E-state index in [-0.39, 0.29) is 8.41 Å². The van der Waals surface area contributed by atoms with E-state index in [1.807, 2.05) is 138 Å². The predicted octanol–water partition coefficient (Wildman–Crippen LogP) is 13.7. The molecule has 0 fully saturated rings. The summed E-state index contributed by atoms with van der Waals surface area (Å²) in [6.07, 6.45) is 7.68. The lowest BCUT2D eigenvalue weighted by Crippen LogP contribution is -2.07. The maximum atomic E-state index is 6.43. The van der Waals surface area contributed by atoms with E-state index in [4.69, 9.17) is 91.4 Å². The number of fused-ring (bicyclic) bond motifs is 3. The maximum Gasteiger partial charge on any atom is 0.180 e. The number of hydrogen-bond donors (Lipinski definition) is 1. The van der Waals surface area contributed by atoms with E-state index < -0.39 is 0 Å². The van der Waals surface area contributed by atoms with Crippen LogP contribution in [-0.4, -0.2) is 123 Å². The normalized spacial score (nSPS) is 11.0. The minimum Gasteiger partial charge on any atom is -0.271 e. The van der Waals surface area contributed by atoms with E-state index in [2.05, 4.69) is 68.8 Å². The lowest BCUT2D eigenvalue weighted by Gasteiger charge is -2.06. The summed E-state index contributed by atoms with van der Waals surface area (Å²) < 4.78 is 7.40. The monoisotopic (exact) mass is 1300 g/mol. The van der Waals surface area contributed by atoms with Crippen molar-refractivity contribution in [2.45, 2.75) is 31.0 Å². The predicted molar refractivity (Wildman–Crippen MR) is 344 cm³/mol. The van der Waals surface area contributed by atoms with Crippen molar-refractivity contribution in [3.8, 4) is 33.4 Å². The van der Waals surface area contributed by atoms with Crippen LogP contribution in [0.3, 0.4) is 0 Å². The number of hydrogen-bond acceptors (Lipinski definition) is 15. The minimum absolute atomic E-state index is 0. The number of halogens is 7. The van der Waals surface area contributed by atoms with Crippen LogP contribution in [-0.2, 0) is 52.2 Å². The molecule has 0 saturated carbocycles. The van der Waals surface area contributed by atoms with Crippen LogP contribution in [0.5, 0.6) is 0 Å². The summed E-state index contributed by atoms with van der Waals surface area (Å²) in [7, 11) is 5.77. The van der Waals surface area contributed by atoms with Crippen molar-refractivity contribution in [2.75, 3.05) is 24.0 Å². The molecule has 12 aromatic rings. The standard InChI is InChI=1S/2C18H16Cl2N6S.C16H12Cl2N6.C2H5ClS.B/c1-25-16(9-17-21-23-24-26(17)10-27-2)14-5-3-4-13(18(14)22-25)12-7-6-11(19)8-15(12)20;1-25-16(9-17-21-24-26(22-17)10-27-2)14-5-3-4-13(18(14)23-25)12-7-6-11(19)8-15(12)20;1-24-14(8-15-19-22-23-20-15)12-4-2-3-11(16(12)21-24)10-6-5-9(17)7-13(10)18;1-4-2-3;/h2*3-8H,9-10H2,1-2H3;2-7H,8H2,1H3,(H,19,20,22,23);2H2,1H3;. The average Bonchev–Trinajstić information content (AvgIpc) is 4.48. The number of thioether (sulfide) groups is 3. The first-order chi connectivity index (χ1) is 39.7. The second-order valence-corrected chi connectivity index (χ2v) is 23.6. The van der Waals surface area contributed by atoms with Gasteiger partial charge < -0.3 is 0 Å². The van der Waals surface area contributed by atoms with Crippen molar-refractivity contribution in [3.63, 3.8) is 0 Å². The Hall–Kier alpha value is -5.92. The van der Waals surface area contributed by atoms with Gasteiger partial charge in [0.1, 0.15) is 22.4 Å². The third-order valence-corrected chi connectivity index (χ3v) is 16.2. The molecule has 29 heteroatoms. The number of H-pyrrole nitrogens is 1. The molecule has 0 aliphatic rings. The highest BCUT2D eigenvalue weighted by Crippen LogP contribution is 2.39. The number of nitrogens with zero attached hydrogens (tertiary/aromatic N) is 17. The number of alkyl halides is 1. The van der Waals surface area contributed by atoms with Crippen LogP contribution in [0.15, 0.2) is 109 Å². The molecule has 0 unspecified atom stereocenters. The summed E-state index contributed by atoms with van der Waals surface area (Å²) in [4.78, 5) is 1.59. The zero-order valence-corrected chi connectivity index (χ0v) is 52.9. The number of nitrogens with one attached hydrogen (secondary N) is 1. The number of aryl methyl sites for hydroxylation is 3. The smallest absolute Gasteiger partial charge is 0.180 e. The van der Waals surface area contributed by atoms with Crippen LogP contribution in [0.1, 0.15) is 34.6 Å². The van der Waals surface area contributed by atoms with Gasteiger partial charge in [-0.3, -0.25) is 14.0 Å². The number of benzene rings is 6. The largest absolute Gasteiger partial charge is 0.271 e. The number of aromatic nitrogens is 18. The summed E-state index contributed by atoms with van der Waals surface area (Å²) in [5, 5.41) is 60.4. The Morgan fingerprint density at radius 3 is 1.30 bits per heavy atom. The van der Waals surface area contributed by atoms with E-state index in [9.17, 15) is 0 Å². The van der Waals surface area contributed by atoms with Crippen LogP contribution in [0, 0.1) is 0 Å². The van der Waals surface area contributed by atoms with Crippen molar-refractivity contribution in [1.82, 2.24) is 90.4 Å². The first-order valence-electron chi connectivity index (χ1n) is 24.7. The third-order valence-electron chi connectivity index (χ3n) is 12.7. The van der Waals surface area contributed by atoms with Crippen LogP contribution in [0.4, 0.5) is 0 Å². The molecule has 3 radical (unpaired) electrons. The van der Waals surface area contributed by atoms with E-state index in [1.165, 1.54) is 0 Å². The van der Waals surface area contributed by atoms with E-state index >= 15 is 0 Å². The van der Waals surface area contributed by atoms with Gasteiger partial charge >= 0.3 is 0 Å². The van der Waals surface area contributed by atoms with Crippen LogP contribution in [0.25, 0.3) is 66.1 Å². The quantitative estimate of drug-likeness (QED) is 0.0797. The van der Waals surface area contributed by atoms with Gasteiger partial charge in [0, 0.05) is 109 Å². The summed E-state index contributed by atoms with van der Waals surface area (Å²) in [5.74, 6) is 3.49. The van der Waals surface area contributed by atoms with Crippen LogP contribution in [0.2, 0.25) is 30.1 Å². The molecule has 0 aliphatic carbocycles. The van der Waals surface area contributed by atoms with E-state index in [0.29, 0.717) is 78.0 Å². The van der Waals surface area contributed by atoms with Gasteiger partial charge in [-0.1, -0.05) is 148 Å². The van der Waals surface area contributed by atoms with Crippen molar-refractivity contribution >= 4 is 158 Å². The van der Waals surface area contributed by atoms with Crippen LogP contribution < -0.4 is 0 Å². The number of tetrazole rings is 3. The molecular formula is C54H49BCl7N18S3. The summed E-state index contributed by atoms with van der Waals surface area (Å²) in [6, 6.07) is 34.7. The Kier molecular flexibility index (Phi) is 22.2. The molecule has 6 heterocycles. The topological polar surface area (TPSA) is 195 Å². The highest BCUT2D eigenvalue weighted by Gasteiger charge is 2.21. The Bertz CT molecular complexity index is 4150. The molecule has 0 atom stereocenters. The molecule has 425 valence electrons. The van der Waals surface area contributed by atoms with Crippen molar-refractivity contribution in [3.05, 3.63) is 174 Å². The Morgan fingerprint density at radius 1 is 0.470 bits per heavy atom. The fraction of sp³-hybridized carbons (Fsp3) is 0.222. The molecule has 83 heavy (non-hydrogen) atoms. The Balaban J connectivity index is 0.000000157. The molecule has 0 saturated heterocycles. The first-order valence-corrected chi connectivity index (χ1v) is 31.6. The van der Waals surface area contributed by atoms with Crippen molar-refractivity contribution in [2.24, 2.45) is 21.1 Å². The van der Waals surface area contributed by atoms with Gasteiger partial charge in [-0.2, -0.15) is 25.3 Å². The molecule has 0 amide bonds. The zero-order valence-electron chi connectivity index (χ0n) is 45.2. The molecule has 0 bridgehead atoms. The fourth-order valence-corrected chi connectivity index (χ4v) is 11.3. The van der Waals surface area contributed by atoms with Gasteiger partial charge in [-0.15, -0.1) is 72.4 Å². The first kappa shape index (κ1) is 63.1. The maximum absolute atomic E-state index is 6.43. The number of rotatable bonds is 14. The molecular weight excluding hydrogens is 1260 g/mol. The van der Waals surface area contributed by atoms with Gasteiger partial charge in [0.25, 0.3) is 0 Å². The van der Waals surface area contributed by atoms with Crippen molar-refractivity contribution in [1.29, 1.82) is 0 Å². The molecule has 12 rings (SSSR count). The second kappa shape index (κ2) is 29.3. The van der Waals surface area contributed by atoms with Gasteiger partial charge in [0.2, 0.25) is 0 Å². The van der Waals surface area contributed by atoms with E-state index in [1.54, 1.807) is 58.3 Å². The van der Waals surface area contributed by atoms with Gasteiger partial charge in [0.15, 0.2) is 17.5 Å². The minimum atomic E-state index is 0. The van der Waals surface area contributed by atoms with Gasteiger partial charge in [0.05, 0.1) is 47.4 Å². The second-order valence-electron chi connectivity index (χ2n) is 18.0. The Labute approximate surface area is 527 Å². The van der Waals surface area contributed by atoms with Gasteiger partial charge in [-0.05, 0) is 70.8 Å². The summed E-state index contributed by atoms with van der Waals surface area (Å²) >= 11 is 47.4. The average molecular weight is 1310 g/mol. The lowest BCUT2D eigenvalue weighted by atomic mass is 10.0. The molecule has 0 spiro atoms. The highest BCUT2D eigenvalue weighted by molar-refractivity contribution is 7.99.